The Hall–Kier alpha value is -2.14. The molecule has 3 aromatic heterocycles. The molecule has 3 heterocycles. The van der Waals surface area contributed by atoms with Crippen LogP contribution in [0.2, 0.25) is 5.15 Å². The number of nitrogens with one attached hydrogen (secondary N) is 2. The van der Waals surface area contributed by atoms with Gasteiger partial charge in [-0.3, -0.25) is 0 Å². The quantitative estimate of drug-likeness (QED) is 0.682. The Labute approximate surface area is 102 Å². The zero-order valence-corrected chi connectivity index (χ0v) is 9.44. The Morgan fingerprint density at radius 1 is 1.18 bits per heavy atom. The average molecular weight is 246 g/mol. The fourth-order valence-electron chi connectivity index (χ4n) is 1.57. The normalized spacial score (nSPS) is 10.6. The van der Waals surface area contributed by atoms with E-state index in [0.717, 1.165) is 11.0 Å². The van der Waals surface area contributed by atoms with Gasteiger partial charge in [-0.25, -0.2) is 15.0 Å². The van der Waals surface area contributed by atoms with Crippen molar-refractivity contribution in [3.8, 4) is 0 Å². The van der Waals surface area contributed by atoms with Crippen molar-refractivity contribution in [3.63, 3.8) is 0 Å². The average Bonchev–Trinajstić information content (AvgIpc) is 2.78. The lowest BCUT2D eigenvalue weighted by molar-refractivity contribution is 1.19. The second kappa shape index (κ2) is 4.03. The molecule has 0 aromatic carbocycles. The molecule has 17 heavy (non-hydrogen) atoms. The number of pyridine rings is 1. The van der Waals surface area contributed by atoms with Gasteiger partial charge >= 0.3 is 0 Å². The first kappa shape index (κ1) is 10.0. The molecule has 0 aliphatic carbocycles. The SMILES string of the molecule is Clc1cccc(Nc2ncnc3[nH]ccc23)n1. The summed E-state index contributed by atoms with van der Waals surface area (Å²) in [7, 11) is 0. The molecule has 6 heteroatoms. The van der Waals surface area contributed by atoms with E-state index in [-0.39, 0.29) is 0 Å². The third-order valence-corrected chi connectivity index (χ3v) is 2.53. The molecule has 0 unspecified atom stereocenters. The van der Waals surface area contributed by atoms with Crippen LogP contribution in [-0.4, -0.2) is 19.9 Å². The van der Waals surface area contributed by atoms with Gasteiger partial charge in [0, 0.05) is 6.20 Å². The smallest absolute Gasteiger partial charge is 0.144 e. The summed E-state index contributed by atoms with van der Waals surface area (Å²) in [5.41, 5.74) is 0.782. The zero-order valence-electron chi connectivity index (χ0n) is 8.68. The van der Waals surface area contributed by atoms with Gasteiger partial charge in [-0.2, -0.15) is 0 Å². The molecular weight excluding hydrogens is 238 g/mol. The van der Waals surface area contributed by atoms with E-state index in [9.17, 15) is 0 Å². The Bertz CT molecular complexity index is 664. The molecule has 0 saturated carbocycles. The molecule has 0 atom stereocenters. The lowest BCUT2D eigenvalue weighted by Gasteiger charge is -2.05. The van der Waals surface area contributed by atoms with Crippen molar-refractivity contribution in [2.45, 2.75) is 0 Å². The Morgan fingerprint density at radius 3 is 3.00 bits per heavy atom. The van der Waals surface area contributed by atoms with Gasteiger partial charge in [0.1, 0.15) is 28.8 Å². The summed E-state index contributed by atoms with van der Waals surface area (Å²) in [6.07, 6.45) is 3.31. The van der Waals surface area contributed by atoms with Gasteiger partial charge in [0.05, 0.1) is 5.39 Å². The van der Waals surface area contributed by atoms with Gasteiger partial charge < -0.3 is 10.3 Å². The van der Waals surface area contributed by atoms with Crippen molar-refractivity contribution in [2.24, 2.45) is 0 Å². The topological polar surface area (TPSA) is 66.5 Å². The van der Waals surface area contributed by atoms with E-state index in [1.54, 1.807) is 6.07 Å². The molecule has 0 fully saturated rings. The van der Waals surface area contributed by atoms with E-state index in [0.29, 0.717) is 16.8 Å². The lowest BCUT2D eigenvalue weighted by atomic mass is 10.3. The Morgan fingerprint density at radius 2 is 2.12 bits per heavy atom. The number of anilines is 2. The third kappa shape index (κ3) is 1.92. The predicted octanol–water partition coefficient (Wildman–Crippen LogP) is 2.75. The molecule has 0 amide bonds. The number of hydrogen-bond acceptors (Lipinski definition) is 4. The fraction of sp³-hybridized carbons (Fsp3) is 0. The van der Waals surface area contributed by atoms with Crippen LogP contribution in [0.15, 0.2) is 36.8 Å². The summed E-state index contributed by atoms with van der Waals surface area (Å²) in [5.74, 6) is 1.35. The third-order valence-electron chi connectivity index (χ3n) is 2.32. The predicted molar refractivity (Wildman–Crippen MR) is 66.4 cm³/mol. The monoisotopic (exact) mass is 245 g/mol. The van der Waals surface area contributed by atoms with Crippen LogP contribution in [-0.2, 0) is 0 Å². The molecule has 3 aromatic rings. The van der Waals surface area contributed by atoms with E-state index < -0.39 is 0 Å². The highest BCUT2D eigenvalue weighted by Crippen LogP contribution is 2.21. The van der Waals surface area contributed by atoms with Gasteiger partial charge in [-0.1, -0.05) is 17.7 Å². The highest BCUT2D eigenvalue weighted by atomic mass is 35.5. The molecule has 0 aliphatic heterocycles. The molecule has 0 bridgehead atoms. The molecular formula is C11H8ClN5. The maximum absolute atomic E-state index is 5.82. The largest absolute Gasteiger partial charge is 0.346 e. The summed E-state index contributed by atoms with van der Waals surface area (Å²) in [6, 6.07) is 7.28. The molecule has 3 rings (SSSR count). The number of halogens is 1. The Kier molecular flexibility index (Phi) is 2.38. The summed E-state index contributed by atoms with van der Waals surface area (Å²) in [6.45, 7) is 0. The molecule has 0 saturated heterocycles. The van der Waals surface area contributed by atoms with E-state index in [1.165, 1.54) is 6.33 Å². The number of aromatic amines is 1. The van der Waals surface area contributed by atoms with Gasteiger partial charge in [-0.05, 0) is 18.2 Å². The van der Waals surface area contributed by atoms with E-state index in [4.69, 9.17) is 11.6 Å². The number of hydrogen-bond donors (Lipinski definition) is 2. The molecule has 0 radical (unpaired) electrons. The van der Waals surface area contributed by atoms with Crippen LogP contribution in [0.1, 0.15) is 0 Å². The van der Waals surface area contributed by atoms with Crippen molar-refractivity contribution < 1.29 is 0 Å². The number of fused-ring (bicyclic) bond motifs is 1. The zero-order chi connectivity index (χ0) is 11.7. The van der Waals surface area contributed by atoms with E-state index in [2.05, 4.69) is 25.3 Å². The molecule has 0 spiro atoms. The highest BCUT2D eigenvalue weighted by molar-refractivity contribution is 6.29. The standard InChI is InChI=1S/C11H8ClN5/c12-8-2-1-3-9(16-8)17-11-7-4-5-13-10(7)14-6-15-11/h1-6H,(H2,13,14,15,16,17). The fourth-order valence-corrected chi connectivity index (χ4v) is 1.73. The van der Waals surface area contributed by atoms with Gasteiger partial charge in [-0.15, -0.1) is 0 Å². The van der Waals surface area contributed by atoms with E-state index in [1.807, 2.05) is 24.4 Å². The summed E-state index contributed by atoms with van der Waals surface area (Å²) in [5, 5.41) is 4.46. The van der Waals surface area contributed by atoms with Crippen LogP contribution in [0.25, 0.3) is 11.0 Å². The summed E-state index contributed by atoms with van der Waals surface area (Å²) >= 11 is 5.82. The minimum atomic E-state index is 0.439. The minimum Gasteiger partial charge on any atom is -0.346 e. The summed E-state index contributed by atoms with van der Waals surface area (Å²) < 4.78 is 0. The molecule has 0 aliphatic rings. The Balaban J connectivity index is 2.02. The second-order valence-corrected chi connectivity index (χ2v) is 3.82. The first-order chi connectivity index (χ1) is 8.33. The molecule has 2 N–H and O–H groups in total. The van der Waals surface area contributed by atoms with Crippen LogP contribution in [0, 0.1) is 0 Å². The molecule has 5 nitrogen and oxygen atoms in total. The maximum atomic E-state index is 5.82. The van der Waals surface area contributed by atoms with E-state index >= 15 is 0 Å². The number of rotatable bonds is 2. The first-order valence-corrected chi connectivity index (χ1v) is 5.38. The van der Waals surface area contributed by atoms with Crippen LogP contribution in [0.5, 0.6) is 0 Å². The van der Waals surface area contributed by atoms with Crippen LogP contribution < -0.4 is 5.32 Å². The number of H-pyrrole nitrogens is 1. The first-order valence-electron chi connectivity index (χ1n) is 5.00. The van der Waals surface area contributed by atoms with Gasteiger partial charge in [0.25, 0.3) is 0 Å². The van der Waals surface area contributed by atoms with Crippen molar-refractivity contribution in [1.82, 2.24) is 19.9 Å². The number of nitrogens with zero attached hydrogens (tertiary/aromatic N) is 3. The van der Waals surface area contributed by atoms with Crippen molar-refractivity contribution in [3.05, 3.63) is 41.9 Å². The number of aromatic nitrogens is 4. The van der Waals surface area contributed by atoms with Crippen LogP contribution in [0.3, 0.4) is 0 Å². The summed E-state index contributed by atoms with van der Waals surface area (Å²) in [4.78, 5) is 15.4. The van der Waals surface area contributed by atoms with Gasteiger partial charge in [0.2, 0.25) is 0 Å². The van der Waals surface area contributed by atoms with Crippen LogP contribution >= 0.6 is 11.6 Å². The van der Waals surface area contributed by atoms with Crippen LogP contribution in [0.4, 0.5) is 11.6 Å². The van der Waals surface area contributed by atoms with Crippen molar-refractivity contribution >= 4 is 34.3 Å². The lowest BCUT2D eigenvalue weighted by Crippen LogP contribution is -1.97. The highest BCUT2D eigenvalue weighted by Gasteiger charge is 2.05. The van der Waals surface area contributed by atoms with Crippen molar-refractivity contribution in [2.75, 3.05) is 5.32 Å². The molecule has 84 valence electrons. The van der Waals surface area contributed by atoms with Gasteiger partial charge in [0.15, 0.2) is 0 Å². The minimum absolute atomic E-state index is 0.439. The maximum Gasteiger partial charge on any atom is 0.144 e. The second-order valence-electron chi connectivity index (χ2n) is 3.43. The van der Waals surface area contributed by atoms with Crippen molar-refractivity contribution in [1.29, 1.82) is 0 Å².